The first-order valence-electron chi connectivity index (χ1n) is 10.00. The molecule has 0 aliphatic carbocycles. The number of pyridine rings is 1. The van der Waals surface area contributed by atoms with Gasteiger partial charge in [-0.2, -0.15) is 5.10 Å². The number of carbonyl (C=O) groups excluding carboxylic acids is 2. The average molecular weight is 560 g/mol. The molecule has 0 radical (unpaired) electrons. The van der Waals surface area contributed by atoms with E-state index in [0.29, 0.717) is 0 Å². The molecular formula is C21H21Cl3N6O4S. The van der Waals surface area contributed by atoms with Gasteiger partial charge in [0.15, 0.2) is 5.82 Å². The molecule has 3 N–H and O–H groups in total. The van der Waals surface area contributed by atoms with Crippen molar-refractivity contribution in [3.63, 3.8) is 0 Å². The molecule has 2 heterocycles. The summed E-state index contributed by atoms with van der Waals surface area (Å²) in [5, 5.41) is 9.91. The van der Waals surface area contributed by atoms with Crippen LogP contribution in [0, 0.1) is 0 Å². The van der Waals surface area contributed by atoms with Crippen molar-refractivity contribution in [1.29, 1.82) is 0 Å². The van der Waals surface area contributed by atoms with E-state index in [-0.39, 0.29) is 44.4 Å². The molecule has 186 valence electrons. The summed E-state index contributed by atoms with van der Waals surface area (Å²) in [5.41, 5.74) is -0.916. The van der Waals surface area contributed by atoms with Gasteiger partial charge in [0.1, 0.15) is 5.69 Å². The number of halogens is 3. The van der Waals surface area contributed by atoms with Gasteiger partial charge in [0, 0.05) is 23.3 Å². The number of nitrogens with zero attached hydrogens (tertiary/aromatic N) is 3. The van der Waals surface area contributed by atoms with Crippen LogP contribution in [-0.4, -0.2) is 53.3 Å². The molecule has 3 rings (SSSR count). The summed E-state index contributed by atoms with van der Waals surface area (Å²) in [6.07, 6.45) is 3.91. The van der Waals surface area contributed by atoms with Crippen LogP contribution in [0.5, 0.6) is 0 Å². The molecule has 1 aromatic carbocycles. The van der Waals surface area contributed by atoms with E-state index >= 15 is 0 Å². The van der Waals surface area contributed by atoms with Crippen LogP contribution in [0.3, 0.4) is 0 Å². The van der Waals surface area contributed by atoms with Crippen molar-refractivity contribution in [2.24, 2.45) is 0 Å². The summed E-state index contributed by atoms with van der Waals surface area (Å²) >= 11 is 18.6. The summed E-state index contributed by atoms with van der Waals surface area (Å²) in [6, 6.07) is 7.40. The Hall–Kier alpha value is -2.70. The Morgan fingerprint density at radius 3 is 2.43 bits per heavy atom. The van der Waals surface area contributed by atoms with Gasteiger partial charge in [-0.05, 0) is 44.2 Å². The minimum Gasteiger partial charge on any atom is -0.346 e. The van der Waals surface area contributed by atoms with E-state index in [0.717, 1.165) is 6.26 Å². The van der Waals surface area contributed by atoms with Crippen molar-refractivity contribution in [3.8, 4) is 5.82 Å². The van der Waals surface area contributed by atoms with Gasteiger partial charge in [0.25, 0.3) is 11.8 Å². The first-order chi connectivity index (χ1) is 16.3. The highest BCUT2D eigenvalue weighted by atomic mass is 35.5. The third kappa shape index (κ3) is 6.92. The maximum absolute atomic E-state index is 13.1. The minimum atomic E-state index is -3.47. The van der Waals surface area contributed by atoms with Gasteiger partial charge in [-0.15, -0.1) is 0 Å². The van der Waals surface area contributed by atoms with E-state index in [4.69, 9.17) is 34.8 Å². The number of benzene rings is 1. The summed E-state index contributed by atoms with van der Waals surface area (Å²) in [6.45, 7) is 3.18. The molecular weight excluding hydrogens is 539 g/mol. The first-order valence-corrected chi connectivity index (χ1v) is 13.0. The average Bonchev–Trinajstić information content (AvgIpc) is 3.23. The van der Waals surface area contributed by atoms with Gasteiger partial charge in [0.2, 0.25) is 10.0 Å². The lowest BCUT2D eigenvalue weighted by molar-refractivity contribution is 0.0915. The second-order valence-corrected chi connectivity index (χ2v) is 11.2. The third-order valence-corrected chi connectivity index (χ3v) is 6.06. The molecule has 0 saturated carbocycles. The fourth-order valence-electron chi connectivity index (χ4n) is 2.96. The number of hydrogen-bond acceptors (Lipinski definition) is 6. The van der Waals surface area contributed by atoms with Crippen molar-refractivity contribution in [1.82, 2.24) is 24.8 Å². The highest BCUT2D eigenvalue weighted by Gasteiger charge is 2.26. The molecule has 0 spiro atoms. The molecule has 0 fully saturated rings. The Bertz CT molecular complexity index is 1390. The Balaban J connectivity index is 1.91. The summed E-state index contributed by atoms with van der Waals surface area (Å²) < 4.78 is 26.5. The molecule has 2 amide bonds. The maximum Gasteiger partial charge on any atom is 0.274 e. The number of aromatic nitrogens is 3. The monoisotopic (exact) mass is 558 g/mol. The smallest absolute Gasteiger partial charge is 0.274 e. The fourth-order valence-corrected chi connectivity index (χ4v) is 4.33. The van der Waals surface area contributed by atoms with E-state index in [1.165, 1.54) is 35.3 Å². The predicted octanol–water partition coefficient (Wildman–Crippen LogP) is 3.54. The third-order valence-electron chi connectivity index (χ3n) is 4.58. The lowest BCUT2D eigenvalue weighted by Crippen LogP contribution is -2.51. The van der Waals surface area contributed by atoms with Crippen LogP contribution in [0.25, 0.3) is 5.82 Å². The van der Waals surface area contributed by atoms with Crippen LogP contribution in [0.2, 0.25) is 15.1 Å². The molecule has 10 nitrogen and oxygen atoms in total. The Kier molecular flexibility index (Phi) is 8.07. The van der Waals surface area contributed by atoms with Crippen LogP contribution in [0.15, 0.2) is 42.7 Å². The van der Waals surface area contributed by atoms with Crippen LogP contribution < -0.4 is 15.4 Å². The van der Waals surface area contributed by atoms with Gasteiger partial charge in [-0.25, -0.2) is 22.8 Å². The normalized spacial score (nSPS) is 11.8. The van der Waals surface area contributed by atoms with Gasteiger partial charge in [0.05, 0.1) is 33.7 Å². The first kappa shape index (κ1) is 26.9. The number of hydrogen-bond donors (Lipinski definition) is 3. The molecule has 0 aliphatic rings. The number of rotatable bonds is 8. The minimum absolute atomic E-state index is 0.00491. The van der Waals surface area contributed by atoms with Crippen molar-refractivity contribution in [2.45, 2.75) is 19.4 Å². The number of sulfonamides is 1. The van der Waals surface area contributed by atoms with Crippen molar-refractivity contribution in [3.05, 3.63) is 69.1 Å². The number of carbonyl (C=O) groups is 2. The summed E-state index contributed by atoms with van der Waals surface area (Å²) in [5.74, 6) is -1.03. The van der Waals surface area contributed by atoms with E-state index in [2.05, 4.69) is 25.4 Å². The van der Waals surface area contributed by atoms with Crippen molar-refractivity contribution >= 4 is 62.3 Å². The topological polar surface area (TPSA) is 135 Å². The zero-order valence-corrected chi connectivity index (χ0v) is 21.8. The molecule has 35 heavy (non-hydrogen) atoms. The lowest BCUT2D eigenvalue weighted by atomic mass is 10.0. The fraction of sp³-hybridized carbons (Fsp3) is 0.238. The lowest BCUT2D eigenvalue weighted by Gasteiger charge is -2.27. The molecule has 0 saturated heterocycles. The molecule has 3 aromatic rings. The predicted molar refractivity (Wildman–Crippen MR) is 135 cm³/mol. The number of anilines is 1. The Morgan fingerprint density at radius 1 is 1.06 bits per heavy atom. The van der Waals surface area contributed by atoms with Crippen LogP contribution >= 0.6 is 34.8 Å². The second-order valence-electron chi connectivity index (χ2n) is 8.13. The van der Waals surface area contributed by atoms with E-state index in [9.17, 15) is 18.0 Å². The Labute approximate surface area is 217 Å². The molecule has 0 unspecified atom stereocenters. The summed E-state index contributed by atoms with van der Waals surface area (Å²) in [4.78, 5) is 30.4. The second kappa shape index (κ2) is 10.5. The van der Waals surface area contributed by atoms with Crippen molar-refractivity contribution < 1.29 is 18.0 Å². The molecule has 0 atom stereocenters. The largest absolute Gasteiger partial charge is 0.346 e. The van der Waals surface area contributed by atoms with E-state index < -0.39 is 27.4 Å². The van der Waals surface area contributed by atoms with Crippen LogP contribution in [0.4, 0.5) is 5.69 Å². The zero-order chi connectivity index (χ0) is 26.0. The van der Waals surface area contributed by atoms with E-state index in [1.54, 1.807) is 26.0 Å². The number of amides is 2. The van der Waals surface area contributed by atoms with Crippen molar-refractivity contribution in [2.75, 3.05) is 18.1 Å². The van der Waals surface area contributed by atoms with Gasteiger partial charge >= 0.3 is 0 Å². The van der Waals surface area contributed by atoms with E-state index in [1.807, 2.05) is 0 Å². The quantitative estimate of drug-likeness (QED) is 0.386. The molecule has 0 bridgehead atoms. The SMILES string of the molecule is CC(C)(CNS(C)(=O)=O)NC(=O)c1cc(Cl)cc(Cl)c1NC(=O)c1ccnn1-c1ncccc1Cl. The standard InChI is InChI=1S/C21H21Cl3N6O4S/c1-21(2,11-27-35(3,33)34)29-19(31)13-9-12(22)10-15(24)17(13)28-20(32)16-6-8-26-30(16)18-14(23)5-4-7-25-18/h4-10,27H,11H2,1-3H3,(H,28,32)(H,29,31). The summed E-state index contributed by atoms with van der Waals surface area (Å²) in [7, 11) is -3.47. The van der Waals surface area contributed by atoms with Gasteiger partial charge in [-0.1, -0.05) is 34.8 Å². The Morgan fingerprint density at radius 2 is 1.77 bits per heavy atom. The zero-order valence-electron chi connectivity index (χ0n) is 18.8. The van der Waals surface area contributed by atoms with Crippen LogP contribution in [0.1, 0.15) is 34.7 Å². The van der Waals surface area contributed by atoms with Gasteiger partial charge < -0.3 is 10.6 Å². The highest BCUT2D eigenvalue weighted by molar-refractivity contribution is 7.88. The molecule has 14 heteroatoms. The highest BCUT2D eigenvalue weighted by Crippen LogP contribution is 2.31. The van der Waals surface area contributed by atoms with Crippen LogP contribution in [-0.2, 0) is 10.0 Å². The maximum atomic E-state index is 13.1. The molecule has 2 aromatic heterocycles. The van der Waals surface area contributed by atoms with Gasteiger partial charge in [-0.3, -0.25) is 9.59 Å². The number of nitrogens with one attached hydrogen (secondary N) is 3. The molecule has 0 aliphatic heterocycles.